The number of anilines is 1. The Morgan fingerprint density at radius 3 is 2.38 bits per heavy atom. The largest absolute Gasteiger partial charge is 0.497 e. The smallest absolute Gasteiger partial charge is 0.330 e. The molecule has 0 aliphatic rings. The summed E-state index contributed by atoms with van der Waals surface area (Å²) in [6, 6.07) is 13.3. The summed E-state index contributed by atoms with van der Waals surface area (Å²) in [7, 11) is 3.09. The average molecular weight is 287 g/mol. The van der Waals surface area contributed by atoms with Crippen LogP contribution >= 0.6 is 0 Å². The number of rotatable bonds is 6. The summed E-state index contributed by atoms with van der Waals surface area (Å²) in [5.41, 5.74) is 1.26. The van der Waals surface area contributed by atoms with Crippen molar-refractivity contribution in [2.24, 2.45) is 0 Å². The minimum Gasteiger partial charge on any atom is -0.497 e. The van der Waals surface area contributed by atoms with Crippen molar-refractivity contribution >= 4 is 11.7 Å². The first kappa shape index (κ1) is 14.7. The van der Waals surface area contributed by atoms with Gasteiger partial charge >= 0.3 is 5.97 Å². The fraction of sp³-hybridized carbons (Fsp3) is 0.188. The van der Waals surface area contributed by atoms with Crippen LogP contribution in [0.25, 0.3) is 0 Å². The number of benzene rings is 2. The summed E-state index contributed by atoms with van der Waals surface area (Å²) in [6.45, 7) is 0. The van der Waals surface area contributed by atoms with Gasteiger partial charge in [0, 0.05) is 6.07 Å². The quantitative estimate of drug-likeness (QED) is 0.855. The van der Waals surface area contributed by atoms with Crippen LogP contribution in [0.2, 0.25) is 0 Å². The van der Waals surface area contributed by atoms with Crippen LogP contribution in [0.5, 0.6) is 11.5 Å². The van der Waals surface area contributed by atoms with E-state index < -0.39 is 12.0 Å². The molecule has 21 heavy (non-hydrogen) atoms. The molecule has 2 aromatic rings. The molecule has 0 saturated carbocycles. The fourth-order valence-electron chi connectivity index (χ4n) is 2.01. The van der Waals surface area contributed by atoms with Crippen LogP contribution in [0.1, 0.15) is 11.6 Å². The van der Waals surface area contributed by atoms with E-state index in [1.807, 2.05) is 6.07 Å². The van der Waals surface area contributed by atoms with Gasteiger partial charge in [0.2, 0.25) is 0 Å². The summed E-state index contributed by atoms with van der Waals surface area (Å²) >= 11 is 0. The van der Waals surface area contributed by atoms with Crippen molar-refractivity contribution in [2.45, 2.75) is 6.04 Å². The molecule has 2 rings (SSSR count). The molecule has 0 fully saturated rings. The molecule has 0 aromatic heterocycles. The minimum absolute atomic E-state index is 0.525. The molecule has 1 atom stereocenters. The third-order valence-electron chi connectivity index (χ3n) is 3.09. The third-order valence-corrected chi connectivity index (χ3v) is 3.09. The normalized spacial score (nSPS) is 11.5. The van der Waals surface area contributed by atoms with Gasteiger partial charge in [-0.25, -0.2) is 4.79 Å². The number of carboxylic acids is 1. The minimum atomic E-state index is -0.959. The second-order valence-electron chi connectivity index (χ2n) is 4.39. The van der Waals surface area contributed by atoms with E-state index in [9.17, 15) is 9.90 Å². The molecule has 110 valence electrons. The predicted octanol–water partition coefficient (Wildman–Crippen LogP) is 2.94. The lowest BCUT2D eigenvalue weighted by Crippen LogP contribution is -2.20. The molecule has 0 heterocycles. The zero-order chi connectivity index (χ0) is 15.2. The molecular formula is C16H17NO4. The monoisotopic (exact) mass is 287 g/mol. The summed E-state index contributed by atoms with van der Waals surface area (Å²) in [4.78, 5) is 11.5. The Morgan fingerprint density at radius 1 is 1.10 bits per heavy atom. The van der Waals surface area contributed by atoms with Crippen LogP contribution in [0, 0.1) is 0 Å². The van der Waals surface area contributed by atoms with Gasteiger partial charge < -0.3 is 19.9 Å². The van der Waals surface area contributed by atoms with Crippen LogP contribution in [-0.2, 0) is 4.79 Å². The second kappa shape index (κ2) is 6.65. The Kier molecular flexibility index (Phi) is 4.66. The van der Waals surface area contributed by atoms with Crippen molar-refractivity contribution < 1.29 is 19.4 Å². The summed E-state index contributed by atoms with van der Waals surface area (Å²) in [6.07, 6.45) is 0. The molecule has 0 amide bonds. The number of carbonyl (C=O) groups is 1. The van der Waals surface area contributed by atoms with Gasteiger partial charge in [-0.1, -0.05) is 30.3 Å². The Hall–Kier alpha value is -2.69. The molecule has 5 nitrogen and oxygen atoms in total. The van der Waals surface area contributed by atoms with Gasteiger partial charge in [-0.05, 0) is 17.7 Å². The van der Waals surface area contributed by atoms with Crippen LogP contribution in [0.3, 0.4) is 0 Å². The number of hydrogen-bond acceptors (Lipinski definition) is 4. The first-order valence-electron chi connectivity index (χ1n) is 6.42. The third kappa shape index (κ3) is 3.45. The van der Waals surface area contributed by atoms with Gasteiger partial charge in [0.1, 0.15) is 11.5 Å². The molecule has 0 spiro atoms. The zero-order valence-electron chi connectivity index (χ0n) is 11.9. The van der Waals surface area contributed by atoms with Gasteiger partial charge in [-0.15, -0.1) is 0 Å². The van der Waals surface area contributed by atoms with E-state index in [4.69, 9.17) is 9.47 Å². The highest BCUT2D eigenvalue weighted by Gasteiger charge is 2.20. The lowest BCUT2D eigenvalue weighted by Gasteiger charge is -2.18. The highest BCUT2D eigenvalue weighted by Crippen LogP contribution is 2.32. The maximum absolute atomic E-state index is 11.5. The van der Waals surface area contributed by atoms with E-state index in [2.05, 4.69) is 5.32 Å². The van der Waals surface area contributed by atoms with Crippen molar-refractivity contribution in [1.29, 1.82) is 0 Å². The maximum Gasteiger partial charge on any atom is 0.330 e. The Morgan fingerprint density at radius 2 is 1.81 bits per heavy atom. The number of carboxylic acid groups (broad SMARTS) is 1. The van der Waals surface area contributed by atoms with Crippen LogP contribution < -0.4 is 14.8 Å². The van der Waals surface area contributed by atoms with Crippen molar-refractivity contribution in [3.63, 3.8) is 0 Å². The molecular weight excluding hydrogens is 270 g/mol. The summed E-state index contributed by atoms with van der Waals surface area (Å²) in [5.74, 6) is 0.208. The standard InChI is InChI=1S/C16H17NO4/c1-20-12-8-9-13(14(10-12)21-2)17-15(16(18)19)11-6-4-3-5-7-11/h3-10,15,17H,1-2H3,(H,18,19). The van der Waals surface area contributed by atoms with Crippen molar-refractivity contribution in [1.82, 2.24) is 0 Å². The van der Waals surface area contributed by atoms with Gasteiger partial charge in [0.05, 0.1) is 19.9 Å². The number of hydrogen-bond donors (Lipinski definition) is 2. The van der Waals surface area contributed by atoms with Crippen LogP contribution in [-0.4, -0.2) is 25.3 Å². The van der Waals surface area contributed by atoms with E-state index in [1.54, 1.807) is 49.6 Å². The first-order chi connectivity index (χ1) is 10.2. The number of ether oxygens (including phenoxy) is 2. The molecule has 0 radical (unpaired) electrons. The highest BCUT2D eigenvalue weighted by atomic mass is 16.5. The Labute approximate surface area is 123 Å². The highest BCUT2D eigenvalue weighted by molar-refractivity contribution is 5.80. The summed E-state index contributed by atoms with van der Waals surface area (Å²) in [5, 5.41) is 12.4. The van der Waals surface area contributed by atoms with Crippen molar-refractivity contribution in [2.75, 3.05) is 19.5 Å². The molecule has 5 heteroatoms. The van der Waals surface area contributed by atoms with Crippen molar-refractivity contribution in [3.05, 3.63) is 54.1 Å². The fourth-order valence-corrected chi connectivity index (χ4v) is 2.01. The lowest BCUT2D eigenvalue weighted by atomic mass is 10.1. The van der Waals surface area contributed by atoms with E-state index in [-0.39, 0.29) is 0 Å². The maximum atomic E-state index is 11.5. The predicted molar refractivity (Wildman–Crippen MR) is 80.0 cm³/mol. The molecule has 0 aliphatic heterocycles. The van der Waals surface area contributed by atoms with E-state index in [0.717, 1.165) is 0 Å². The molecule has 1 unspecified atom stereocenters. The van der Waals surface area contributed by atoms with E-state index >= 15 is 0 Å². The van der Waals surface area contributed by atoms with Gasteiger partial charge in [-0.2, -0.15) is 0 Å². The van der Waals surface area contributed by atoms with Gasteiger partial charge in [0.25, 0.3) is 0 Å². The topological polar surface area (TPSA) is 67.8 Å². The van der Waals surface area contributed by atoms with Gasteiger partial charge in [-0.3, -0.25) is 0 Å². The van der Waals surface area contributed by atoms with E-state index in [1.165, 1.54) is 7.11 Å². The van der Waals surface area contributed by atoms with Crippen LogP contribution in [0.4, 0.5) is 5.69 Å². The average Bonchev–Trinajstić information content (AvgIpc) is 2.53. The molecule has 2 N–H and O–H groups in total. The number of methoxy groups -OCH3 is 2. The molecule has 0 bridgehead atoms. The lowest BCUT2D eigenvalue weighted by molar-refractivity contribution is -0.138. The Bertz CT molecular complexity index is 613. The van der Waals surface area contributed by atoms with E-state index in [0.29, 0.717) is 22.7 Å². The molecule has 2 aromatic carbocycles. The summed E-state index contributed by atoms with van der Waals surface area (Å²) < 4.78 is 10.4. The number of nitrogens with one attached hydrogen (secondary N) is 1. The van der Waals surface area contributed by atoms with Crippen molar-refractivity contribution in [3.8, 4) is 11.5 Å². The van der Waals surface area contributed by atoms with Gasteiger partial charge in [0.15, 0.2) is 6.04 Å². The Balaban J connectivity index is 2.31. The van der Waals surface area contributed by atoms with Crippen LogP contribution in [0.15, 0.2) is 48.5 Å². The SMILES string of the molecule is COc1ccc(NC(C(=O)O)c2ccccc2)c(OC)c1. The first-order valence-corrected chi connectivity index (χ1v) is 6.42. The molecule has 0 aliphatic carbocycles. The zero-order valence-corrected chi connectivity index (χ0v) is 11.9. The second-order valence-corrected chi connectivity index (χ2v) is 4.39. The number of aliphatic carboxylic acids is 1. The molecule has 0 saturated heterocycles.